The standard InChI is InChI=1S/C16H14ClFN2O/c1-10(17)16-19-14-7-6-11(18)8-15(14)20(16)12-4-3-5-13(9-12)21-2/h3-10H,1-2H3. The minimum absolute atomic E-state index is 0.299. The Bertz CT molecular complexity index is 798. The summed E-state index contributed by atoms with van der Waals surface area (Å²) in [5, 5.41) is -0.299. The smallest absolute Gasteiger partial charge is 0.132 e. The van der Waals surface area contributed by atoms with E-state index in [0.717, 1.165) is 11.4 Å². The third kappa shape index (κ3) is 2.47. The summed E-state index contributed by atoms with van der Waals surface area (Å²) in [4.78, 5) is 4.51. The molecule has 21 heavy (non-hydrogen) atoms. The normalized spacial score (nSPS) is 12.6. The molecule has 0 aliphatic rings. The molecule has 1 aromatic heterocycles. The average molecular weight is 305 g/mol. The van der Waals surface area contributed by atoms with Gasteiger partial charge in [-0.25, -0.2) is 9.37 Å². The number of aromatic nitrogens is 2. The second-order valence-corrected chi connectivity index (χ2v) is 5.41. The van der Waals surface area contributed by atoms with Crippen molar-refractivity contribution >= 4 is 22.6 Å². The number of imidazole rings is 1. The fourth-order valence-corrected chi connectivity index (χ4v) is 2.50. The molecular weight excluding hydrogens is 291 g/mol. The molecule has 0 saturated heterocycles. The molecule has 0 spiro atoms. The first kappa shape index (κ1) is 13.9. The van der Waals surface area contributed by atoms with Crippen LogP contribution in [0.1, 0.15) is 18.1 Å². The van der Waals surface area contributed by atoms with Crippen LogP contribution in [0.3, 0.4) is 0 Å². The maximum atomic E-state index is 13.6. The number of methoxy groups -OCH3 is 1. The molecule has 0 N–H and O–H groups in total. The predicted molar refractivity (Wildman–Crippen MR) is 81.8 cm³/mol. The number of ether oxygens (including phenoxy) is 1. The van der Waals surface area contributed by atoms with Crippen molar-refractivity contribution in [2.24, 2.45) is 0 Å². The SMILES string of the molecule is COc1cccc(-n2c(C(C)Cl)nc3ccc(F)cc32)c1. The monoisotopic (exact) mass is 304 g/mol. The highest BCUT2D eigenvalue weighted by Crippen LogP contribution is 2.29. The highest BCUT2D eigenvalue weighted by atomic mass is 35.5. The van der Waals surface area contributed by atoms with Crippen LogP contribution in [0.4, 0.5) is 4.39 Å². The molecule has 1 atom stereocenters. The van der Waals surface area contributed by atoms with Crippen LogP contribution in [-0.4, -0.2) is 16.7 Å². The van der Waals surface area contributed by atoms with Gasteiger partial charge in [0.15, 0.2) is 0 Å². The zero-order valence-electron chi connectivity index (χ0n) is 11.7. The van der Waals surface area contributed by atoms with Gasteiger partial charge in [0.05, 0.1) is 29.2 Å². The summed E-state index contributed by atoms with van der Waals surface area (Å²) >= 11 is 6.23. The number of hydrogen-bond acceptors (Lipinski definition) is 2. The molecule has 1 heterocycles. The number of rotatable bonds is 3. The fraction of sp³-hybridized carbons (Fsp3) is 0.188. The Hall–Kier alpha value is -2.07. The molecule has 3 rings (SSSR count). The largest absolute Gasteiger partial charge is 0.497 e. The van der Waals surface area contributed by atoms with Gasteiger partial charge in [0.25, 0.3) is 0 Å². The van der Waals surface area contributed by atoms with Crippen LogP contribution in [0.25, 0.3) is 16.7 Å². The average Bonchev–Trinajstić information content (AvgIpc) is 2.86. The van der Waals surface area contributed by atoms with Crippen molar-refractivity contribution < 1.29 is 9.13 Å². The van der Waals surface area contributed by atoms with Gasteiger partial charge in [0, 0.05) is 12.1 Å². The molecule has 0 amide bonds. The van der Waals surface area contributed by atoms with Crippen molar-refractivity contribution in [2.75, 3.05) is 7.11 Å². The van der Waals surface area contributed by atoms with Gasteiger partial charge in [0.1, 0.15) is 17.4 Å². The van der Waals surface area contributed by atoms with Crippen molar-refractivity contribution in [3.05, 3.63) is 54.1 Å². The second kappa shape index (κ2) is 5.37. The van der Waals surface area contributed by atoms with Gasteiger partial charge in [-0.2, -0.15) is 0 Å². The molecular formula is C16H14ClFN2O. The van der Waals surface area contributed by atoms with Crippen LogP contribution >= 0.6 is 11.6 Å². The van der Waals surface area contributed by atoms with E-state index in [1.54, 1.807) is 13.2 Å². The Morgan fingerprint density at radius 2 is 2.05 bits per heavy atom. The second-order valence-electron chi connectivity index (χ2n) is 4.76. The maximum Gasteiger partial charge on any atom is 0.132 e. The molecule has 0 radical (unpaired) electrons. The molecule has 3 nitrogen and oxygen atoms in total. The lowest BCUT2D eigenvalue weighted by Crippen LogP contribution is -2.02. The van der Waals surface area contributed by atoms with Crippen molar-refractivity contribution in [2.45, 2.75) is 12.3 Å². The van der Waals surface area contributed by atoms with E-state index in [4.69, 9.17) is 16.3 Å². The first-order valence-corrected chi connectivity index (χ1v) is 7.00. The van der Waals surface area contributed by atoms with E-state index in [9.17, 15) is 4.39 Å². The molecule has 0 bridgehead atoms. The summed E-state index contributed by atoms with van der Waals surface area (Å²) in [6.45, 7) is 1.84. The minimum Gasteiger partial charge on any atom is -0.497 e. The fourth-order valence-electron chi connectivity index (χ4n) is 2.35. The number of hydrogen-bond donors (Lipinski definition) is 0. The molecule has 3 aromatic rings. The summed E-state index contributed by atoms with van der Waals surface area (Å²) in [5.41, 5.74) is 2.23. The third-order valence-corrected chi connectivity index (χ3v) is 3.50. The third-order valence-electron chi connectivity index (χ3n) is 3.31. The molecule has 5 heteroatoms. The van der Waals surface area contributed by atoms with E-state index in [1.165, 1.54) is 12.1 Å². The Labute approximate surface area is 126 Å². The Morgan fingerprint density at radius 1 is 1.24 bits per heavy atom. The van der Waals surface area contributed by atoms with Gasteiger partial charge < -0.3 is 4.74 Å². The topological polar surface area (TPSA) is 27.1 Å². The Morgan fingerprint density at radius 3 is 2.76 bits per heavy atom. The van der Waals surface area contributed by atoms with Crippen LogP contribution in [-0.2, 0) is 0 Å². The van der Waals surface area contributed by atoms with Crippen LogP contribution in [0.15, 0.2) is 42.5 Å². The molecule has 0 saturated carbocycles. The number of nitrogens with zero attached hydrogens (tertiary/aromatic N) is 2. The predicted octanol–water partition coefficient (Wildman–Crippen LogP) is 4.47. The van der Waals surface area contributed by atoms with E-state index < -0.39 is 0 Å². The van der Waals surface area contributed by atoms with Crippen LogP contribution < -0.4 is 4.74 Å². The van der Waals surface area contributed by atoms with Gasteiger partial charge in [-0.05, 0) is 31.2 Å². The molecule has 108 valence electrons. The number of fused-ring (bicyclic) bond motifs is 1. The highest BCUT2D eigenvalue weighted by molar-refractivity contribution is 6.20. The zero-order chi connectivity index (χ0) is 15.0. The van der Waals surface area contributed by atoms with Gasteiger partial charge in [0.2, 0.25) is 0 Å². The Balaban J connectivity index is 2.32. The lowest BCUT2D eigenvalue weighted by molar-refractivity contribution is 0.414. The summed E-state index contributed by atoms with van der Waals surface area (Å²) in [5.74, 6) is 1.09. The van der Waals surface area contributed by atoms with Gasteiger partial charge in [-0.1, -0.05) is 6.07 Å². The summed E-state index contributed by atoms with van der Waals surface area (Å²) in [6.07, 6.45) is 0. The first-order valence-electron chi connectivity index (χ1n) is 6.56. The summed E-state index contributed by atoms with van der Waals surface area (Å²) < 4.78 is 20.7. The lowest BCUT2D eigenvalue weighted by Gasteiger charge is -2.11. The zero-order valence-corrected chi connectivity index (χ0v) is 12.4. The molecule has 2 aromatic carbocycles. The van der Waals surface area contributed by atoms with Gasteiger partial charge in [-0.15, -0.1) is 11.6 Å². The molecule has 0 aliphatic heterocycles. The quantitative estimate of drug-likeness (QED) is 0.667. The molecule has 1 unspecified atom stereocenters. The van der Waals surface area contributed by atoms with Crippen LogP contribution in [0, 0.1) is 5.82 Å². The van der Waals surface area contributed by atoms with Crippen molar-refractivity contribution in [1.82, 2.24) is 9.55 Å². The van der Waals surface area contributed by atoms with Crippen LogP contribution in [0.2, 0.25) is 0 Å². The van der Waals surface area contributed by atoms with Crippen LogP contribution in [0.5, 0.6) is 5.75 Å². The Kier molecular flexibility index (Phi) is 3.55. The summed E-state index contributed by atoms with van der Waals surface area (Å²) in [7, 11) is 1.61. The molecule has 0 aliphatic carbocycles. The highest BCUT2D eigenvalue weighted by Gasteiger charge is 2.17. The van der Waals surface area contributed by atoms with E-state index in [-0.39, 0.29) is 11.2 Å². The lowest BCUT2D eigenvalue weighted by atomic mass is 10.2. The summed E-state index contributed by atoms with van der Waals surface area (Å²) in [6, 6.07) is 12.0. The number of alkyl halides is 1. The number of benzene rings is 2. The van der Waals surface area contributed by atoms with Crippen molar-refractivity contribution in [1.29, 1.82) is 0 Å². The molecule has 0 fully saturated rings. The van der Waals surface area contributed by atoms with E-state index >= 15 is 0 Å². The van der Waals surface area contributed by atoms with E-state index in [2.05, 4.69) is 4.98 Å². The van der Waals surface area contributed by atoms with E-state index in [0.29, 0.717) is 16.9 Å². The number of halogens is 2. The van der Waals surface area contributed by atoms with E-state index in [1.807, 2.05) is 35.8 Å². The van der Waals surface area contributed by atoms with Crippen molar-refractivity contribution in [3.63, 3.8) is 0 Å². The minimum atomic E-state index is -0.305. The first-order chi connectivity index (χ1) is 10.1. The van der Waals surface area contributed by atoms with Crippen molar-refractivity contribution in [3.8, 4) is 11.4 Å². The van der Waals surface area contributed by atoms with Gasteiger partial charge >= 0.3 is 0 Å². The van der Waals surface area contributed by atoms with Gasteiger partial charge in [-0.3, -0.25) is 4.57 Å². The maximum absolute atomic E-state index is 13.6.